The van der Waals surface area contributed by atoms with E-state index in [2.05, 4.69) is 0 Å². The third-order valence-corrected chi connectivity index (χ3v) is 7.96. The predicted octanol–water partition coefficient (Wildman–Crippen LogP) is 3.80. The van der Waals surface area contributed by atoms with Crippen LogP contribution < -0.4 is 4.74 Å². The number of hydrogen-bond acceptors (Lipinski definition) is 7. The van der Waals surface area contributed by atoms with Crippen molar-refractivity contribution in [2.24, 2.45) is 0 Å². The van der Waals surface area contributed by atoms with Crippen molar-refractivity contribution in [2.75, 3.05) is 34.4 Å². The molecule has 10 heteroatoms. The number of para-hydroxylation sites is 1. The molecular weight excluding hydrogens is 508 g/mol. The Morgan fingerprint density at radius 1 is 0.947 bits per heavy atom. The van der Waals surface area contributed by atoms with Gasteiger partial charge in [0.05, 0.1) is 23.1 Å². The Morgan fingerprint density at radius 3 is 2.24 bits per heavy atom. The van der Waals surface area contributed by atoms with Crippen molar-refractivity contribution in [2.45, 2.75) is 10.9 Å². The molecule has 38 heavy (non-hydrogen) atoms. The molecule has 3 aromatic carbocycles. The molecule has 3 aromatic rings. The van der Waals surface area contributed by atoms with Crippen LogP contribution in [0.4, 0.5) is 0 Å². The van der Waals surface area contributed by atoms with Gasteiger partial charge in [0.2, 0.25) is 10.0 Å². The van der Waals surface area contributed by atoms with Gasteiger partial charge in [-0.1, -0.05) is 30.3 Å². The number of benzene rings is 3. The van der Waals surface area contributed by atoms with E-state index in [1.54, 1.807) is 36.4 Å². The number of aliphatic hydroxyl groups is 1. The number of ether oxygens (including phenoxy) is 2. The highest BCUT2D eigenvalue weighted by molar-refractivity contribution is 7.89. The molecule has 4 rings (SSSR count). The van der Waals surface area contributed by atoms with Crippen molar-refractivity contribution in [3.05, 3.63) is 95.6 Å². The van der Waals surface area contributed by atoms with E-state index in [1.807, 2.05) is 18.2 Å². The van der Waals surface area contributed by atoms with Gasteiger partial charge in [0.25, 0.3) is 11.7 Å². The Balaban J connectivity index is 1.79. The molecule has 0 saturated carbocycles. The zero-order chi connectivity index (χ0) is 27.4. The van der Waals surface area contributed by atoms with E-state index in [9.17, 15) is 23.1 Å². The number of carbonyl (C=O) groups excluding carboxylic acids is 2. The molecule has 1 heterocycles. The fourth-order valence-corrected chi connectivity index (χ4v) is 5.07. The van der Waals surface area contributed by atoms with E-state index < -0.39 is 33.5 Å². The van der Waals surface area contributed by atoms with E-state index in [-0.39, 0.29) is 29.2 Å². The van der Waals surface area contributed by atoms with Gasteiger partial charge >= 0.3 is 0 Å². The number of amides is 1. The second kappa shape index (κ2) is 11.2. The SMILES string of the molecule is COCCN1C(=O)C(=O)/C(=C(\O)c2ccc(S(=O)(=O)N(C)C)cc2)C1c1cccc(Oc2ccccc2)c1. The van der Waals surface area contributed by atoms with Gasteiger partial charge in [-0.05, 0) is 54.1 Å². The molecule has 0 radical (unpaired) electrons. The van der Waals surface area contributed by atoms with Gasteiger partial charge in [0.1, 0.15) is 17.3 Å². The average Bonchev–Trinajstić information content (AvgIpc) is 3.17. The topological polar surface area (TPSA) is 113 Å². The molecule has 0 aliphatic carbocycles. The minimum atomic E-state index is -3.68. The van der Waals surface area contributed by atoms with Crippen LogP contribution in [0.5, 0.6) is 11.5 Å². The lowest BCUT2D eigenvalue weighted by molar-refractivity contribution is -0.140. The number of methoxy groups -OCH3 is 1. The number of hydrogen-bond donors (Lipinski definition) is 1. The van der Waals surface area contributed by atoms with Crippen molar-refractivity contribution in [1.82, 2.24) is 9.21 Å². The number of Topliss-reactive ketones (excluding diaryl/α,β-unsaturated/α-hetero) is 1. The number of nitrogens with zero attached hydrogens (tertiary/aromatic N) is 2. The van der Waals surface area contributed by atoms with E-state index in [1.165, 1.54) is 50.4 Å². The van der Waals surface area contributed by atoms with Gasteiger partial charge in [0, 0.05) is 33.3 Å². The summed E-state index contributed by atoms with van der Waals surface area (Å²) in [5.41, 5.74) is 0.655. The highest BCUT2D eigenvalue weighted by Gasteiger charge is 2.46. The van der Waals surface area contributed by atoms with Gasteiger partial charge in [-0.2, -0.15) is 0 Å². The lowest BCUT2D eigenvalue weighted by Gasteiger charge is -2.25. The standard InChI is InChI=1S/C28H28N2O7S/c1-29(2)38(34,35)23-14-12-19(13-15-23)26(31)24-25(30(16-17-36-3)28(33)27(24)32)20-8-7-11-22(18-20)37-21-9-5-4-6-10-21/h4-15,18,25,31H,16-17H2,1-3H3/b26-24-. The van der Waals surface area contributed by atoms with Crippen LogP contribution in [-0.2, 0) is 24.3 Å². The van der Waals surface area contributed by atoms with Crippen molar-refractivity contribution in [3.8, 4) is 11.5 Å². The number of likely N-dealkylation sites (tertiary alicyclic amines) is 1. The third kappa shape index (κ3) is 5.33. The molecule has 1 aliphatic heterocycles. The molecule has 1 N–H and O–H groups in total. The van der Waals surface area contributed by atoms with Crippen LogP contribution in [-0.4, -0.2) is 68.8 Å². The van der Waals surface area contributed by atoms with Crippen LogP contribution in [0.15, 0.2) is 89.3 Å². The molecule has 1 amide bonds. The van der Waals surface area contributed by atoms with E-state index in [0.29, 0.717) is 17.1 Å². The molecule has 1 aliphatic rings. The fourth-order valence-electron chi connectivity index (χ4n) is 4.17. The number of sulfonamides is 1. The number of ketones is 1. The maximum Gasteiger partial charge on any atom is 0.295 e. The van der Waals surface area contributed by atoms with Crippen molar-refractivity contribution >= 4 is 27.5 Å². The van der Waals surface area contributed by atoms with E-state index >= 15 is 0 Å². The minimum absolute atomic E-state index is 0.0295. The summed E-state index contributed by atoms with van der Waals surface area (Å²) in [6.07, 6.45) is 0. The molecular formula is C28H28N2O7S. The van der Waals surface area contributed by atoms with Crippen molar-refractivity contribution < 1.29 is 32.6 Å². The van der Waals surface area contributed by atoms with Gasteiger partial charge in [-0.3, -0.25) is 9.59 Å². The molecule has 198 valence electrons. The molecule has 0 aromatic heterocycles. The van der Waals surface area contributed by atoms with Crippen molar-refractivity contribution in [3.63, 3.8) is 0 Å². The highest BCUT2D eigenvalue weighted by atomic mass is 32.2. The first kappa shape index (κ1) is 27.1. The van der Waals surface area contributed by atoms with Crippen LogP contribution in [0.2, 0.25) is 0 Å². The Bertz CT molecular complexity index is 1470. The maximum atomic E-state index is 13.2. The lowest BCUT2D eigenvalue weighted by Crippen LogP contribution is -2.32. The maximum absolute atomic E-state index is 13.2. The second-order valence-electron chi connectivity index (χ2n) is 8.78. The summed E-state index contributed by atoms with van der Waals surface area (Å²) in [4.78, 5) is 27.6. The van der Waals surface area contributed by atoms with Crippen LogP contribution in [0.1, 0.15) is 17.2 Å². The average molecular weight is 537 g/mol. The van der Waals surface area contributed by atoms with Gasteiger partial charge in [-0.25, -0.2) is 12.7 Å². The van der Waals surface area contributed by atoms with Gasteiger partial charge in [-0.15, -0.1) is 0 Å². The molecule has 0 bridgehead atoms. The smallest absolute Gasteiger partial charge is 0.295 e. The lowest BCUT2D eigenvalue weighted by atomic mass is 9.95. The molecule has 9 nitrogen and oxygen atoms in total. The molecule has 1 unspecified atom stereocenters. The first-order valence-electron chi connectivity index (χ1n) is 11.8. The molecule has 1 atom stereocenters. The summed E-state index contributed by atoms with van der Waals surface area (Å²) in [5.74, 6) is -0.913. The highest BCUT2D eigenvalue weighted by Crippen LogP contribution is 2.40. The molecule has 1 saturated heterocycles. The summed E-state index contributed by atoms with van der Waals surface area (Å²) in [6.45, 7) is 0.299. The van der Waals surface area contributed by atoms with E-state index in [0.717, 1.165) is 4.31 Å². The van der Waals surface area contributed by atoms with Crippen LogP contribution >= 0.6 is 0 Å². The Kier molecular flexibility index (Phi) is 7.96. The van der Waals surface area contributed by atoms with Crippen LogP contribution in [0, 0.1) is 0 Å². The van der Waals surface area contributed by atoms with Gasteiger partial charge < -0.3 is 19.5 Å². The minimum Gasteiger partial charge on any atom is -0.507 e. The van der Waals surface area contributed by atoms with Crippen molar-refractivity contribution in [1.29, 1.82) is 0 Å². The van der Waals surface area contributed by atoms with E-state index in [4.69, 9.17) is 9.47 Å². The summed E-state index contributed by atoms with van der Waals surface area (Å²) < 4.78 is 37.0. The first-order valence-corrected chi connectivity index (χ1v) is 13.2. The summed E-state index contributed by atoms with van der Waals surface area (Å²) in [7, 11) is 0.641. The Hall–Kier alpha value is -3.99. The zero-order valence-corrected chi connectivity index (χ0v) is 22.0. The summed E-state index contributed by atoms with van der Waals surface area (Å²) in [5, 5.41) is 11.2. The third-order valence-electron chi connectivity index (χ3n) is 6.14. The first-order chi connectivity index (χ1) is 18.1. The summed E-state index contributed by atoms with van der Waals surface area (Å²) in [6, 6.07) is 20.7. The summed E-state index contributed by atoms with van der Waals surface area (Å²) >= 11 is 0. The largest absolute Gasteiger partial charge is 0.507 e. The van der Waals surface area contributed by atoms with Gasteiger partial charge in [0.15, 0.2) is 0 Å². The zero-order valence-electron chi connectivity index (χ0n) is 21.2. The van der Waals surface area contributed by atoms with Crippen LogP contribution in [0.3, 0.4) is 0 Å². The fraction of sp³-hybridized carbons (Fsp3) is 0.214. The molecule has 0 spiro atoms. The second-order valence-corrected chi connectivity index (χ2v) is 10.9. The Morgan fingerprint density at radius 2 is 1.61 bits per heavy atom. The number of rotatable bonds is 9. The predicted molar refractivity (Wildman–Crippen MR) is 141 cm³/mol. The number of carbonyl (C=O) groups is 2. The Labute approximate surface area is 221 Å². The normalized spacial score (nSPS) is 17.3. The molecule has 1 fully saturated rings. The van der Waals surface area contributed by atoms with Crippen LogP contribution in [0.25, 0.3) is 5.76 Å². The number of aliphatic hydroxyl groups excluding tert-OH is 1. The monoisotopic (exact) mass is 536 g/mol. The quantitative estimate of drug-likeness (QED) is 0.251.